The Hall–Kier alpha value is -1.65. The van der Waals surface area contributed by atoms with Crippen LogP contribution in [0.15, 0.2) is 40.4 Å². The third-order valence-electron chi connectivity index (χ3n) is 3.88. The van der Waals surface area contributed by atoms with Crippen LogP contribution in [-0.2, 0) is 4.79 Å². The van der Waals surface area contributed by atoms with Crippen LogP contribution in [0.3, 0.4) is 0 Å². The van der Waals surface area contributed by atoms with Crippen molar-refractivity contribution in [2.24, 2.45) is 10.4 Å². The van der Waals surface area contributed by atoms with Gasteiger partial charge in [0.1, 0.15) is 5.71 Å². The number of aliphatic imine (C=N–C) groups is 1. The van der Waals surface area contributed by atoms with E-state index in [0.717, 1.165) is 19.5 Å². The van der Waals surface area contributed by atoms with Crippen molar-refractivity contribution in [1.82, 2.24) is 0 Å². The highest BCUT2D eigenvalue weighted by Crippen LogP contribution is 2.22. The van der Waals surface area contributed by atoms with Crippen molar-refractivity contribution in [3.63, 3.8) is 0 Å². The van der Waals surface area contributed by atoms with E-state index in [9.17, 15) is 18.0 Å². The fourth-order valence-corrected chi connectivity index (χ4v) is 2.24. The number of hydrogen-bond donors (Lipinski definition) is 0. The predicted octanol–water partition coefficient (Wildman–Crippen LogP) is 8.69. The molecule has 0 saturated heterocycles. The zero-order valence-electron chi connectivity index (χ0n) is 20.8. The van der Waals surface area contributed by atoms with Crippen LogP contribution in [0, 0.1) is 5.41 Å². The molecule has 0 aromatic carbocycles. The van der Waals surface area contributed by atoms with Crippen LogP contribution in [0.25, 0.3) is 0 Å². The Balaban J connectivity index is -0.000000609. The topological polar surface area (TPSA) is 29.4 Å². The number of ketones is 1. The van der Waals surface area contributed by atoms with Gasteiger partial charge in [0.05, 0.1) is 0 Å². The molecule has 0 aromatic heterocycles. The van der Waals surface area contributed by atoms with Crippen molar-refractivity contribution in [2.75, 3.05) is 7.05 Å². The summed E-state index contributed by atoms with van der Waals surface area (Å²) in [6.45, 7) is 18.3. The van der Waals surface area contributed by atoms with E-state index >= 15 is 0 Å². The molecule has 0 amide bonds. The van der Waals surface area contributed by atoms with Crippen molar-refractivity contribution in [1.29, 1.82) is 0 Å². The van der Waals surface area contributed by atoms with E-state index in [1.807, 2.05) is 20.8 Å². The molecule has 0 radical (unpaired) electrons. The highest BCUT2D eigenvalue weighted by atomic mass is 19.4. The molecule has 0 spiro atoms. The summed E-state index contributed by atoms with van der Waals surface area (Å²) in [5, 5.41) is 0. The van der Waals surface area contributed by atoms with Gasteiger partial charge in [-0.25, -0.2) is 0 Å². The number of halogens is 3. The van der Waals surface area contributed by atoms with Gasteiger partial charge in [0.25, 0.3) is 0 Å². The van der Waals surface area contributed by atoms with Gasteiger partial charge in [-0.1, -0.05) is 73.5 Å². The lowest BCUT2D eigenvalue weighted by Gasteiger charge is -2.16. The number of rotatable bonds is 8. The van der Waals surface area contributed by atoms with E-state index < -0.39 is 11.9 Å². The van der Waals surface area contributed by atoms with Crippen molar-refractivity contribution in [3.8, 4) is 0 Å². The molecular formula is C25H44F3NO. The molecule has 0 unspecified atom stereocenters. The third-order valence-corrected chi connectivity index (χ3v) is 3.88. The molecule has 5 heteroatoms. The highest BCUT2D eigenvalue weighted by Gasteiger charge is 2.33. The summed E-state index contributed by atoms with van der Waals surface area (Å²) in [6, 6.07) is 0. The zero-order valence-corrected chi connectivity index (χ0v) is 20.8. The largest absolute Gasteiger partial charge is 0.432 e. The van der Waals surface area contributed by atoms with Crippen LogP contribution in [-0.4, -0.2) is 24.7 Å². The van der Waals surface area contributed by atoms with E-state index in [1.165, 1.54) is 31.4 Å². The monoisotopic (exact) mass is 431 g/mol. The van der Waals surface area contributed by atoms with Gasteiger partial charge in [0.15, 0.2) is 5.78 Å². The van der Waals surface area contributed by atoms with Crippen LogP contribution < -0.4 is 0 Å². The summed E-state index contributed by atoms with van der Waals surface area (Å²) in [6.07, 6.45) is 6.33. The van der Waals surface area contributed by atoms with Gasteiger partial charge in [0.2, 0.25) is 0 Å². The van der Waals surface area contributed by atoms with E-state index in [2.05, 4.69) is 32.7 Å². The molecule has 0 atom stereocenters. The van der Waals surface area contributed by atoms with Gasteiger partial charge in [-0.15, -0.1) is 0 Å². The number of carbonyl (C=O) groups is 1. The Labute approximate surface area is 183 Å². The van der Waals surface area contributed by atoms with Crippen LogP contribution in [0.1, 0.15) is 94.4 Å². The quantitative estimate of drug-likeness (QED) is 0.215. The van der Waals surface area contributed by atoms with Crippen molar-refractivity contribution < 1.29 is 18.0 Å². The lowest BCUT2D eigenvalue weighted by atomic mass is 9.90. The van der Waals surface area contributed by atoms with Crippen LogP contribution in [0.2, 0.25) is 0 Å². The molecule has 2 nitrogen and oxygen atoms in total. The standard InChI is InChI=1S/C15H20F3NO.C8H18.C2H6/c1-5-7-13(20)9-8-12(6-2)11(3)10-14(19-4)15(16,17)18;1-5-6-7-8(2,3)4;1-2/h6,8-10H,5,7H2,1-4H3;5-7H2,1-4H3;1-2H3/b9-8-,11-10+,12-6+,19-14?;;. The van der Waals surface area contributed by atoms with Gasteiger partial charge in [-0.2, -0.15) is 13.2 Å². The second-order valence-corrected chi connectivity index (χ2v) is 7.89. The Morgan fingerprint density at radius 3 is 1.83 bits per heavy atom. The second-order valence-electron chi connectivity index (χ2n) is 7.89. The number of allylic oxidation sites excluding steroid dienone is 6. The summed E-state index contributed by atoms with van der Waals surface area (Å²) in [5.41, 5.74) is 0.587. The Bertz CT molecular complexity index is 574. The smallest absolute Gasteiger partial charge is 0.295 e. The number of carbonyl (C=O) groups excluding carboxylic acids is 1. The van der Waals surface area contributed by atoms with E-state index in [4.69, 9.17) is 0 Å². The van der Waals surface area contributed by atoms with E-state index in [-0.39, 0.29) is 5.78 Å². The predicted molar refractivity (Wildman–Crippen MR) is 126 cm³/mol. The minimum atomic E-state index is -4.48. The van der Waals surface area contributed by atoms with E-state index in [0.29, 0.717) is 23.0 Å². The van der Waals surface area contributed by atoms with Gasteiger partial charge < -0.3 is 0 Å². The first-order chi connectivity index (χ1) is 13.8. The summed E-state index contributed by atoms with van der Waals surface area (Å²) >= 11 is 0. The van der Waals surface area contributed by atoms with Gasteiger partial charge in [-0.05, 0) is 55.4 Å². The maximum atomic E-state index is 12.6. The van der Waals surface area contributed by atoms with Gasteiger partial charge in [0, 0.05) is 13.5 Å². The van der Waals surface area contributed by atoms with E-state index in [1.54, 1.807) is 19.9 Å². The van der Waals surface area contributed by atoms with Gasteiger partial charge in [-0.3, -0.25) is 9.79 Å². The van der Waals surface area contributed by atoms with Crippen molar-refractivity contribution in [2.45, 2.75) is 101 Å². The molecule has 176 valence electrons. The van der Waals surface area contributed by atoms with Crippen molar-refractivity contribution >= 4 is 11.5 Å². The maximum Gasteiger partial charge on any atom is 0.432 e. The molecular weight excluding hydrogens is 387 g/mol. The van der Waals surface area contributed by atoms with Crippen LogP contribution >= 0.6 is 0 Å². The molecule has 0 aliphatic carbocycles. The number of alkyl halides is 3. The SMILES string of the molecule is C/C=C(\C=C/C(=O)CCC)C(/C)=C/C(=NC)C(F)(F)F.CC.CCCCC(C)(C)C. The molecule has 0 aliphatic heterocycles. The molecule has 0 aliphatic rings. The minimum absolute atomic E-state index is 0.0418. The fraction of sp³-hybridized carbons (Fsp3) is 0.680. The van der Waals surface area contributed by atoms with Gasteiger partial charge >= 0.3 is 6.18 Å². The normalized spacial score (nSPS) is 13.4. The third kappa shape index (κ3) is 19.7. The molecule has 0 rings (SSSR count). The number of nitrogens with zero attached hydrogens (tertiary/aromatic N) is 1. The molecule has 0 saturated carbocycles. The molecule has 0 bridgehead atoms. The molecule has 0 fully saturated rings. The molecule has 0 N–H and O–H groups in total. The van der Waals surface area contributed by atoms with Crippen molar-refractivity contribution in [3.05, 3.63) is 35.5 Å². The molecule has 30 heavy (non-hydrogen) atoms. The summed E-state index contributed by atoms with van der Waals surface area (Å²) < 4.78 is 37.8. The van der Waals surface area contributed by atoms with Crippen LogP contribution in [0.4, 0.5) is 13.2 Å². The molecule has 0 heterocycles. The molecule has 0 aromatic rings. The fourth-order valence-electron chi connectivity index (χ4n) is 2.24. The first-order valence-electron chi connectivity index (χ1n) is 10.9. The minimum Gasteiger partial charge on any atom is -0.295 e. The number of unbranched alkanes of at least 4 members (excludes halogenated alkanes) is 1. The average Bonchev–Trinajstić information content (AvgIpc) is 2.65. The lowest BCUT2D eigenvalue weighted by Crippen LogP contribution is -2.21. The van der Waals surface area contributed by atoms with Crippen LogP contribution in [0.5, 0.6) is 0 Å². The summed E-state index contributed by atoms with van der Waals surface area (Å²) in [5.74, 6) is -0.0418. The second kappa shape index (κ2) is 18.1. The Morgan fingerprint density at radius 1 is 1.00 bits per heavy atom. The maximum absolute atomic E-state index is 12.6. The zero-order chi connectivity index (χ0) is 24.4. The number of hydrogen-bond acceptors (Lipinski definition) is 2. The summed E-state index contributed by atoms with van der Waals surface area (Å²) in [4.78, 5) is 14.6. The lowest BCUT2D eigenvalue weighted by molar-refractivity contribution is -0.114. The Kier molecular flexibility index (Phi) is 20.0. The summed E-state index contributed by atoms with van der Waals surface area (Å²) in [7, 11) is 1.10. The average molecular weight is 432 g/mol. The highest BCUT2D eigenvalue weighted by molar-refractivity contribution is 6.00. The Morgan fingerprint density at radius 2 is 1.53 bits per heavy atom. The first kappa shape index (κ1) is 33.0. The first-order valence-corrected chi connectivity index (χ1v) is 10.9.